The molecule has 0 bridgehead atoms. The van der Waals surface area contributed by atoms with E-state index in [0.717, 1.165) is 51.4 Å². The van der Waals surface area contributed by atoms with Gasteiger partial charge in [0.25, 0.3) is 0 Å². The number of esters is 4. The van der Waals surface area contributed by atoms with E-state index < -0.39 is 23.9 Å². The number of rotatable bonds is 22. The molecule has 0 saturated heterocycles. The molecule has 8 heteroatoms. The van der Waals surface area contributed by atoms with Crippen molar-refractivity contribution in [2.75, 3.05) is 26.4 Å². The first-order chi connectivity index (χ1) is 20.4. The fourth-order valence-electron chi connectivity index (χ4n) is 3.78. The van der Waals surface area contributed by atoms with Crippen molar-refractivity contribution < 1.29 is 38.1 Å². The Morgan fingerprint density at radius 3 is 1.29 bits per heavy atom. The average Bonchev–Trinajstić information content (AvgIpc) is 2.99. The van der Waals surface area contributed by atoms with Crippen LogP contribution in [0.2, 0.25) is 0 Å². The van der Waals surface area contributed by atoms with Crippen molar-refractivity contribution in [1.29, 1.82) is 0 Å². The molecule has 8 nitrogen and oxygen atoms in total. The van der Waals surface area contributed by atoms with E-state index in [2.05, 4.69) is 6.07 Å². The number of hydrogen-bond donors (Lipinski definition) is 0. The molecule has 0 aliphatic rings. The Bertz CT molecular complexity index is 895. The molecule has 0 spiro atoms. The maximum absolute atomic E-state index is 12.8. The van der Waals surface area contributed by atoms with Gasteiger partial charge in [-0.1, -0.05) is 91.2 Å². The third-order valence-electron chi connectivity index (χ3n) is 6.26. The molecule has 233 valence electrons. The summed E-state index contributed by atoms with van der Waals surface area (Å²) in [5.41, 5.74) is 0.376. The number of carbonyl (C=O) groups is 4. The lowest BCUT2D eigenvalue weighted by Crippen LogP contribution is -2.19. The second-order valence-corrected chi connectivity index (χ2v) is 10.1. The van der Waals surface area contributed by atoms with Crippen LogP contribution in [0.15, 0.2) is 29.3 Å². The van der Waals surface area contributed by atoms with Crippen molar-refractivity contribution in [1.82, 2.24) is 0 Å². The van der Waals surface area contributed by atoms with Gasteiger partial charge in [0, 0.05) is 0 Å². The smallest absolute Gasteiger partial charge is 0.345 e. The summed E-state index contributed by atoms with van der Waals surface area (Å²) in [4.78, 5) is 51.4. The van der Waals surface area contributed by atoms with Gasteiger partial charge < -0.3 is 18.9 Å². The second kappa shape index (κ2) is 23.2. The van der Waals surface area contributed by atoms with Gasteiger partial charge in [-0.2, -0.15) is 0 Å². The highest BCUT2D eigenvalue weighted by Gasteiger charge is 2.23. The lowest BCUT2D eigenvalue weighted by Gasteiger charge is -2.10. The summed E-state index contributed by atoms with van der Waals surface area (Å²) in [7, 11) is 0. The zero-order valence-corrected chi connectivity index (χ0v) is 26.0. The van der Waals surface area contributed by atoms with Crippen LogP contribution in [0.4, 0.5) is 0 Å². The third-order valence-corrected chi connectivity index (χ3v) is 6.26. The lowest BCUT2D eigenvalue weighted by molar-refractivity contribution is -0.148. The Balaban J connectivity index is 3.27. The summed E-state index contributed by atoms with van der Waals surface area (Å²) in [6, 6.07) is 7.80. The second-order valence-electron chi connectivity index (χ2n) is 10.1. The molecule has 0 atom stereocenters. The zero-order valence-electron chi connectivity index (χ0n) is 26.0. The topological polar surface area (TPSA) is 105 Å². The third kappa shape index (κ3) is 15.5. The van der Waals surface area contributed by atoms with Gasteiger partial charge in [-0.15, -0.1) is 0 Å². The fraction of sp³-hybridized carbons (Fsp3) is 0.588. The Morgan fingerprint density at radius 1 is 0.571 bits per heavy atom. The van der Waals surface area contributed by atoms with Crippen LogP contribution in [0, 0.1) is 6.07 Å². The standard InChI is InChI=1S/C34H49O8/c1-5-9-13-20-39-31(35)29(32(36)40-21-14-10-6-2)25-27-18-17-19-28(24-27)26-30(33(37)41-22-15-11-7-3)34(38)42-23-16-12-8-4/h17-18,24-26H,5-16,20-23H2,1-4H3. The maximum Gasteiger partial charge on any atom is 0.345 e. The molecule has 0 saturated carbocycles. The molecule has 1 rings (SSSR count). The summed E-state index contributed by atoms with van der Waals surface area (Å²) < 4.78 is 21.4. The van der Waals surface area contributed by atoms with Gasteiger partial charge in [0.2, 0.25) is 0 Å². The van der Waals surface area contributed by atoms with Crippen LogP contribution in [0.5, 0.6) is 0 Å². The van der Waals surface area contributed by atoms with Gasteiger partial charge in [-0.25, -0.2) is 19.2 Å². The maximum atomic E-state index is 12.8. The quantitative estimate of drug-likeness (QED) is 0.0352. The number of benzene rings is 1. The number of unbranched alkanes of at least 4 members (excludes halogenated alkanes) is 8. The molecule has 0 unspecified atom stereocenters. The summed E-state index contributed by atoms with van der Waals surface area (Å²) in [6.07, 6.45) is 13.0. The van der Waals surface area contributed by atoms with Gasteiger partial charge in [-0.05, 0) is 61.1 Å². The molecule has 0 N–H and O–H groups in total. The highest BCUT2D eigenvalue weighted by molar-refractivity contribution is 6.18. The number of ether oxygens (including phenoxy) is 4. The normalized spacial score (nSPS) is 10.4. The van der Waals surface area contributed by atoms with Crippen molar-refractivity contribution in [2.24, 2.45) is 0 Å². The van der Waals surface area contributed by atoms with Crippen LogP contribution >= 0.6 is 0 Å². The molecule has 0 aromatic heterocycles. The molecular formula is C34H49O8. The van der Waals surface area contributed by atoms with Crippen molar-refractivity contribution in [3.8, 4) is 0 Å². The minimum absolute atomic E-state index is 0.198. The van der Waals surface area contributed by atoms with Gasteiger partial charge in [-0.3, -0.25) is 0 Å². The Kier molecular flexibility index (Phi) is 20.2. The van der Waals surface area contributed by atoms with E-state index in [1.165, 1.54) is 12.2 Å². The summed E-state index contributed by atoms with van der Waals surface area (Å²) >= 11 is 0. The largest absolute Gasteiger partial charge is 0.462 e. The van der Waals surface area contributed by atoms with Crippen LogP contribution < -0.4 is 0 Å². The zero-order chi connectivity index (χ0) is 31.0. The summed E-state index contributed by atoms with van der Waals surface area (Å²) in [5.74, 6) is -3.06. The van der Waals surface area contributed by atoms with E-state index in [-0.39, 0.29) is 37.6 Å². The first-order valence-corrected chi connectivity index (χ1v) is 15.5. The molecule has 0 aliphatic carbocycles. The number of hydrogen-bond acceptors (Lipinski definition) is 8. The molecule has 0 heterocycles. The molecular weight excluding hydrogens is 536 g/mol. The van der Waals surface area contributed by atoms with Crippen LogP contribution in [-0.4, -0.2) is 50.3 Å². The molecule has 1 aromatic carbocycles. The Morgan fingerprint density at radius 2 is 0.929 bits per heavy atom. The van der Waals surface area contributed by atoms with Gasteiger partial charge in [0.05, 0.1) is 26.4 Å². The lowest BCUT2D eigenvalue weighted by atomic mass is 10.1. The van der Waals surface area contributed by atoms with Crippen molar-refractivity contribution >= 4 is 36.0 Å². The van der Waals surface area contributed by atoms with Gasteiger partial charge in [0.15, 0.2) is 0 Å². The molecule has 1 aromatic rings. The highest BCUT2D eigenvalue weighted by Crippen LogP contribution is 2.17. The average molecular weight is 586 g/mol. The van der Waals surface area contributed by atoms with E-state index >= 15 is 0 Å². The summed E-state index contributed by atoms with van der Waals surface area (Å²) in [6.45, 7) is 8.98. The predicted molar refractivity (Wildman–Crippen MR) is 163 cm³/mol. The monoisotopic (exact) mass is 585 g/mol. The minimum atomic E-state index is -0.770. The number of carbonyl (C=O) groups excluding carboxylic acids is 4. The van der Waals surface area contributed by atoms with Crippen molar-refractivity contribution in [2.45, 2.75) is 105 Å². The minimum Gasteiger partial charge on any atom is -0.462 e. The van der Waals surface area contributed by atoms with Gasteiger partial charge in [0.1, 0.15) is 11.1 Å². The van der Waals surface area contributed by atoms with E-state index in [0.29, 0.717) is 36.8 Å². The van der Waals surface area contributed by atoms with E-state index in [1.807, 2.05) is 27.7 Å². The molecule has 0 aliphatic heterocycles. The van der Waals surface area contributed by atoms with Crippen molar-refractivity contribution in [3.63, 3.8) is 0 Å². The SMILES string of the molecule is CCCCCOC(=O)C(=Cc1[c]ccc(C=C(C(=O)OCCCCC)C(=O)OCCCCC)c1)C(=O)OCCCCC. The van der Waals surface area contributed by atoms with E-state index in [1.54, 1.807) is 18.2 Å². The van der Waals surface area contributed by atoms with Crippen LogP contribution in [0.1, 0.15) is 116 Å². The fourth-order valence-corrected chi connectivity index (χ4v) is 3.78. The summed E-state index contributed by atoms with van der Waals surface area (Å²) in [5, 5.41) is 0. The predicted octanol–water partition coefficient (Wildman–Crippen LogP) is 7.19. The van der Waals surface area contributed by atoms with Crippen LogP contribution in [0.3, 0.4) is 0 Å². The first-order valence-electron chi connectivity index (χ1n) is 15.5. The highest BCUT2D eigenvalue weighted by atomic mass is 16.6. The van der Waals surface area contributed by atoms with Crippen molar-refractivity contribution in [3.05, 3.63) is 46.5 Å². The molecule has 0 amide bonds. The van der Waals surface area contributed by atoms with Gasteiger partial charge >= 0.3 is 23.9 Å². The van der Waals surface area contributed by atoms with E-state index in [9.17, 15) is 19.2 Å². The Hall–Kier alpha value is -3.42. The Labute approximate surface area is 251 Å². The molecule has 0 fully saturated rings. The van der Waals surface area contributed by atoms with Crippen LogP contribution in [0.25, 0.3) is 12.2 Å². The van der Waals surface area contributed by atoms with Crippen LogP contribution in [-0.2, 0) is 38.1 Å². The molecule has 42 heavy (non-hydrogen) atoms. The molecule has 1 radical (unpaired) electrons. The van der Waals surface area contributed by atoms with E-state index in [4.69, 9.17) is 18.9 Å². The first kappa shape index (κ1) is 36.6.